The van der Waals surface area contributed by atoms with Crippen LogP contribution in [0.4, 0.5) is 0 Å². The molecule has 2 fully saturated rings. The molecule has 0 amide bonds. The number of hydrogen-bond donors (Lipinski definition) is 2. The van der Waals surface area contributed by atoms with Crippen LogP contribution < -0.4 is 5.32 Å². The maximum absolute atomic E-state index is 9.99. The summed E-state index contributed by atoms with van der Waals surface area (Å²) in [7, 11) is 0. The molecular weight excluding hydrogens is 218 g/mol. The van der Waals surface area contributed by atoms with Gasteiger partial charge in [0.1, 0.15) is 0 Å². The van der Waals surface area contributed by atoms with Crippen LogP contribution in [0.3, 0.4) is 0 Å². The topological polar surface area (TPSA) is 32.3 Å². The van der Waals surface area contributed by atoms with Gasteiger partial charge < -0.3 is 10.4 Å². The summed E-state index contributed by atoms with van der Waals surface area (Å²) in [5, 5.41) is 14.5. The molecule has 2 aliphatic rings. The summed E-state index contributed by atoms with van der Waals surface area (Å²) in [5.41, 5.74) is 0. The van der Waals surface area contributed by atoms with E-state index in [4.69, 9.17) is 0 Å². The Labute approximate surface area is 104 Å². The van der Waals surface area contributed by atoms with Gasteiger partial charge in [-0.2, -0.15) is 11.8 Å². The summed E-state index contributed by atoms with van der Waals surface area (Å²) in [6, 6.07) is 1.01. The van der Waals surface area contributed by atoms with Crippen LogP contribution in [-0.4, -0.2) is 34.8 Å². The lowest BCUT2D eigenvalue weighted by molar-refractivity contribution is 0.0822. The van der Waals surface area contributed by atoms with E-state index in [9.17, 15) is 5.11 Å². The van der Waals surface area contributed by atoms with E-state index < -0.39 is 0 Å². The van der Waals surface area contributed by atoms with Crippen LogP contribution in [-0.2, 0) is 0 Å². The molecule has 0 aromatic heterocycles. The van der Waals surface area contributed by atoms with Crippen molar-refractivity contribution in [3.8, 4) is 0 Å². The maximum Gasteiger partial charge on any atom is 0.0693 e. The van der Waals surface area contributed by atoms with Gasteiger partial charge in [-0.25, -0.2) is 0 Å². The van der Waals surface area contributed by atoms with Crippen molar-refractivity contribution in [1.82, 2.24) is 5.32 Å². The molecule has 2 saturated carbocycles. The van der Waals surface area contributed by atoms with Crippen LogP contribution in [0.1, 0.15) is 51.4 Å². The van der Waals surface area contributed by atoms with Gasteiger partial charge >= 0.3 is 0 Å². The van der Waals surface area contributed by atoms with Gasteiger partial charge in [-0.05, 0) is 31.9 Å². The van der Waals surface area contributed by atoms with Crippen LogP contribution in [0.5, 0.6) is 0 Å². The molecule has 0 radical (unpaired) electrons. The number of nitrogens with one attached hydrogen (secondary N) is 1. The van der Waals surface area contributed by atoms with Gasteiger partial charge in [-0.1, -0.05) is 25.7 Å². The predicted octanol–water partition coefficient (Wildman–Crippen LogP) is 2.55. The zero-order chi connectivity index (χ0) is 11.4. The van der Waals surface area contributed by atoms with E-state index >= 15 is 0 Å². The zero-order valence-corrected chi connectivity index (χ0v) is 11.1. The molecule has 16 heavy (non-hydrogen) atoms. The fraction of sp³-hybridized carbons (Fsp3) is 1.00. The summed E-state index contributed by atoms with van der Waals surface area (Å²) in [6.45, 7) is 0. The highest BCUT2D eigenvalue weighted by molar-refractivity contribution is 7.99. The van der Waals surface area contributed by atoms with Crippen molar-refractivity contribution in [1.29, 1.82) is 0 Å². The van der Waals surface area contributed by atoms with Crippen molar-refractivity contribution in [3.05, 3.63) is 0 Å². The molecule has 2 N–H and O–H groups in total. The second-order valence-electron chi connectivity index (χ2n) is 5.29. The molecule has 94 valence electrons. The summed E-state index contributed by atoms with van der Waals surface area (Å²) >= 11 is 2.00. The fourth-order valence-electron chi connectivity index (χ4n) is 3.15. The zero-order valence-electron chi connectivity index (χ0n) is 10.3. The highest BCUT2D eigenvalue weighted by atomic mass is 32.2. The molecule has 0 aliphatic heterocycles. The summed E-state index contributed by atoms with van der Waals surface area (Å²) in [5.74, 6) is 0. The number of aliphatic hydroxyl groups excluding tert-OH is 1. The first-order chi connectivity index (χ1) is 7.81. The molecule has 0 heterocycles. The van der Waals surface area contributed by atoms with Crippen molar-refractivity contribution in [2.24, 2.45) is 0 Å². The Morgan fingerprint density at radius 2 is 1.56 bits per heavy atom. The van der Waals surface area contributed by atoms with Crippen LogP contribution in [0.25, 0.3) is 0 Å². The van der Waals surface area contributed by atoms with Gasteiger partial charge in [-0.15, -0.1) is 0 Å². The first-order valence-electron chi connectivity index (χ1n) is 6.78. The van der Waals surface area contributed by atoms with Gasteiger partial charge in [0.15, 0.2) is 0 Å². The largest absolute Gasteiger partial charge is 0.392 e. The van der Waals surface area contributed by atoms with Crippen LogP contribution in [0, 0.1) is 0 Å². The molecule has 0 aromatic carbocycles. The van der Waals surface area contributed by atoms with E-state index in [1.54, 1.807) is 0 Å². The molecule has 2 rings (SSSR count). The molecule has 0 spiro atoms. The van der Waals surface area contributed by atoms with Crippen molar-refractivity contribution in [3.63, 3.8) is 0 Å². The molecule has 0 bridgehead atoms. The van der Waals surface area contributed by atoms with E-state index in [-0.39, 0.29) is 6.10 Å². The Balaban J connectivity index is 1.86. The first kappa shape index (κ1) is 12.7. The lowest BCUT2D eigenvalue weighted by atomic mass is 9.89. The third kappa shape index (κ3) is 3.14. The van der Waals surface area contributed by atoms with E-state index in [1.165, 1.54) is 44.9 Å². The SMILES string of the molecule is CSC1CCCCC1N[C@@H]1CCCC[C@H]1O. The Hall–Kier alpha value is 0.270. The van der Waals surface area contributed by atoms with Gasteiger partial charge in [0.2, 0.25) is 0 Å². The van der Waals surface area contributed by atoms with E-state index in [1.807, 2.05) is 11.8 Å². The number of aliphatic hydroxyl groups is 1. The smallest absolute Gasteiger partial charge is 0.0693 e. The van der Waals surface area contributed by atoms with E-state index in [2.05, 4.69) is 11.6 Å². The predicted molar refractivity (Wildman–Crippen MR) is 71.0 cm³/mol. The van der Waals surface area contributed by atoms with Gasteiger partial charge in [0, 0.05) is 17.3 Å². The van der Waals surface area contributed by atoms with Gasteiger partial charge in [-0.3, -0.25) is 0 Å². The third-order valence-electron chi connectivity index (χ3n) is 4.16. The van der Waals surface area contributed by atoms with Crippen molar-refractivity contribution in [2.45, 2.75) is 74.8 Å². The van der Waals surface area contributed by atoms with Gasteiger partial charge in [0.05, 0.1) is 6.10 Å². The number of rotatable bonds is 3. The monoisotopic (exact) mass is 243 g/mol. The molecular formula is C13H25NOS. The minimum atomic E-state index is -0.0989. The fourth-order valence-corrected chi connectivity index (χ4v) is 4.10. The number of hydrogen-bond acceptors (Lipinski definition) is 3. The lowest BCUT2D eigenvalue weighted by Gasteiger charge is -2.37. The Kier molecular flexibility index (Phi) is 4.98. The third-order valence-corrected chi connectivity index (χ3v) is 5.33. The summed E-state index contributed by atoms with van der Waals surface area (Å²) in [4.78, 5) is 0. The number of thioether (sulfide) groups is 1. The average molecular weight is 243 g/mol. The van der Waals surface area contributed by atoms with Crippen molar-refractivity contribution >= 4 is 11.8 Å². The van der Waals surface area contributed by atoms with Gasteiger partial charge in [0.25, 0.3) is 0 Å². The maximum atomic E-state index is 9.99. The van der Waals surface area contributed by atoms with Crippen LogP contribution in [0.15, 0.2) is 0 Å². The first-order valence-corrected chi connectivity index (χ1v) is 8.07. The minimum Gasteiger partial charge on any atom is -0.392 e. The summed E-state index contributed by atoms with van der Waals surface area (Å²) in [6.07, 6.45) is 12.2. The molecule has 2 unspecified atom stereocenters. The Bertz CT molecular complexity index is 212. The van der Waals surface area contributed by atoms with Crippen LogP contribution in [0.2, 0.25) is 0 Å². The van der Waals surface area contributed by atoms with Crippen LogP contribution >= 0.6 is 11.8 Å². The normalized spacial score (nSPS) is 40.9. The standard InChI is InChI=1S/C13H25NOS/c1-16-13-9-5-3-7-11(13)14-10-6-2-4-8-12(10)15/h10-15H,2-9H2,1H3/t10-,11?,12-,13?/m1/s1. The Morgan fingerprint density at radius 1 is 0.938 bits per heavy atom. The molecule has 3 heteroatoms. The Morgan fingerprint density at radius 3 is 2.25 bits per heavy atom. The van der Waals surface area contributed by atoms with Crippen molar-refractivity contribution < 1.29 is 5.11 Å². The van der Waals surface area contributed by atoms with Crippen molar-refractivity contribution in [2.75, 3.05) is 6.26 Å². The lowest BCUT2D eigenvalue weighted by Crippen LogP contribution is -2.51. The van der Waals surface area contributed by atoms with E-state index in [0.717, 1.165) is 11.7 Å². The average Bonchev–Trinajstić information content (AvgIpc) is 2.33. The second-order valence-corrected chi connectivity index (χ2v) is 6.37. The quantitative estimate of drug-likeness (QED) is 0.799. The highest BCUT2D eigenvalue weighted by Crippen LogP contribution is 2.29. The molecule has 2 aliphatic carbocycles. The summed E-state index contributed by atoms with van der Waals surface area (Å²) < 4.78 is 0. The molecule has 0 aromatic rings. The molecule has 0 saturated heterocycles. The second kappa shape index (κ2) is 6.27. The van der Waals surface area contributed by atoms with E-state index in [0.29, 0.717) is 12.1 Å². The highest BCUT2D eigenvalue weighted by Gasteiger charge is 2.30. The molecule has 4 atom stereocenters. The minimum absolute atomic E-state index is 0.0989. The molecule has 2 nitrogen and oxygen atoms in total.